The lowest BCUT2D eigenvalue weighted by Crippen LogP contribution is -2.14. The second-order valence-electron chi connectivity index (χ2n) is 5.28. The Hall–Kier alpha value is -2.05. The van der Waals surface area contributed by atoms with Crippen molar-refractivity contribution >= 4 is 33.2 Å². The van der Waals surface area contributed by atoms with Gasteiger partial charge in [-0.25, -0.2) is 4.39 Å². The van der Waals surface area contributed by atoms with Gasteiger partial charge in [-0.3, -0.25) is 4.79 Å². The Morgan fingerprint density at radius 3 is 2.58 bits per heavy atom. The maximum atomic E-state index is 13.1. The van der Waals surface area contributed by atoms with Crippen molar-refractivity contribution in [3.63, 3.8) is 0 Å². The summed E-state index contributed by atoms with van der Waals surface area (Å²) in [5.74, 6) is -0.567. The van der Waals surface area contributed by atoms with Crippen LogP contribution in [0.2, 0.25) is 0 Å². The highest BCUT2D eigenvalue weighted by Gasteiger charge is 2.12. The van der Waals surface area contributed by atoms with Gasteiger partial charge in [0, 0.05) is 22.0 Å². The van der Waals surface area contributed by atoms with Crippen LogP contribution in [0, 0.1) is 12.7 Å². The number of carbonyl (C=O) groups excluding carboxylic acids is 1. The molecular weight excluding hydrogens is 391 g/mol. The molecule has 6 heteroatoms. The third kappa shape index (κ3) is 3.39. The molecule has 0 aliphatic carbocycles. The van der Waals surface area contributed by atoms with Crippen molar-refractivity contribution in [2.75, 3.05) is 0 Å². The SMILES string of the molecule is Cc1sc(=NC(=O)c2cccc(Br)c2)n(C)c1-c1ccc(F)cc1. The summed E-state index contributed by atoms with van der Waals surface area (Å²) in [5, 5.41) is 0. The van der Waals surface area contributed by atoms with E-state index in [1.807, 2.05) is 24.6 Å². The maximum absolute atomic E-state index is 13.1. The zero-order chi connectivity index (χ0) is 17.3. The summed E-state index contributed by atoms with van der Waals surface area (Å²) in [6.45, 7) is 1.96. The number of carbonyl (C=O) groups is 1. The lowest BCUT2D eigenvalue weighted by atomic mass is 10.1. The number of hydrogen-bond donors (Lipinski definition) is 0. The van der Waals surface area contributed by atoms with Gasteiger partial charge in [0.2, 0.25) is 0 Å². The highest BCUT2D eigenvalue weighted by molar-refractivity contribution is 9.10. The molecule has 0 saturated heterocycles. The zero-order valence-corrected chi connectivity index (χ0v) is 15.5. The number of halogens is 2. The van der Waals surface area contributed by atoms with Crippen molar-refractivity contribution in [1.29, 1.82) is 0 Å². The number of rotatable bonds is 2. The molecule has 0 N–H and O–H groups in total. The van der Waals surface area contributed by atoms with Gasteiger partial charge in [0.25, 0.3) is 5.91 Å². The van der Waals surface area contributed by atoms with Crippen LogP contribution in [0.5, 0.6) is 0 Å². The first-order valence-corrected chi connectivity index (χ1v) is 8.83. The molecule has 1 heterocycles. The van der Waals surface area contributed by atoms with Crippen molar-refractivity contribution in [3.8, 4) is 11.3 Å². The smallest absolute Gasteiger partial charge is 0.279 e. The van der Waals surface area contributed by atoms with E-state index in [0.29, 0.717) is 10.4 Å². The van der Waals surface area contributed by atoms with E-state index in [1.54, 1.807) is 30.3 Å². The fraction of sp³-hybridized carbons (Fsp3) is 0.111. The molecule has 0 spiro atoms. The van der Waals surface area contributed by atoms with E-state index < -0.39 is 0 Å². The molecule has 0 aliphatic heterocycles. The second-order valence-corrected chi connectivity index (χ2v) is 7.38. The van der Waals surface area contributed by atoms with Gasteiger partial charge in [0.15, 0.2) is 4.80 Å². The van der Waals surface area contributed by atoms with Crippen LogP contribution in [0.1, 0.15) is 15.2 Å². The van der Waals surface area contributed by atoms with E-state index in [4.69, 9.17) is 0 Å². The van der Waals surface area contributed by atoms with E-state index >= 15 is 0 Å². The van der Waals surface area contributed by atoms with Gasteiger partial charge in [-0.1, -0.05) is 22.0 Å². The summed E-state index contributed by atoms with van der Waals surface area (Å²) in [7, 11) is 1.86. The second kappa shape index (κ2) is 6.83. The van der Waals surface area contributed by atoms with Gasteiger partial charge >= 0.3 is 0 Å². The Morgan fingerprint density at radius 1 is 1.21 bits per heavy atom. The lowest BCUT2D eigenvalue weighted by Gasteiger charge is -2.04. The van der Waals surface area contributed by atoms with Crippen LogP contribution >= 0.6 is 27.3 Å². The maximum Gasteiger partial charge on any atom is 0.279 e. The predicted octanol–water partition coefficient (Wildman–Crippen LogP) is 4.70. The summed E-state index contributed by atoms with van der Waals surface area (Å²) in [6.07, 6.45) is 0. The van der Waals surface area contributed by atoms with Crippen LogP contribution in [0.15, 0.2) is 58.0 Å². The van der Waals surface area contributed by atoms with Crippen LogP contribution in [-0.4, -0.2) is 10.5 Å². The van der Waals surface area contributed by atoms with Gasteiger partial charge in [-0.2, -0.15) is 4.99 Å². The minimum atomic E-state index is -0.293. The molecule has 0 fully saturated rings. The Bertz CT molecular complexity index is 973. The molecule has 3 nitrogen and oxygen atoms in total. The first kappa shape index (κ1) is 16.8. The van der Waals surface area contributed by atoms with Gasteiger partial charge < -0.3 is 4.57 Å². The van der Waals surface area contributed by atoms with E-state index in [-0.39, 0.29) is 11.7 Å². The van der Waals surface area contributed by atoms with Gasteiger partial charge in [-0.05, 0) is 55.0 Å². The Kier molecular flexibility index (Phi) is 4.78. The first-order chi connectivity index (χ1) is 11.5. The number of thiazole rings is 1. The Balaban J connectivity index is 2.05. The van der Waals surface area contributed by atoms with Crippen LogP contribution in [0.25, 0.3) is 11.3 Å². The molecule has 0 unspecified atom stereocenters. The Labute approximate surface area is 151 Å². The van der Waals surface area contributed by atoms with Crippen LogP contribution < -0.4 is 4.80 Å². The average Bonchev–Trinajstić information content (AvgIpc) is 2.82. The first-order valence-electron chi connectivity index (χ1n) is 7.22. The minimum absolute atomic E-state index is 0.274. The third-order valence-electron chi connectivity index (χ3n) is 3.59. The quantitative estimate of drug-likeness (QED) is 0.609. The highest BCUT2D eigenvalue weighted by Crippen LogP contribution is 2.24. The number of benzene rings is 2. The van der Waals surface area contributed by atoms with E-state index in [0.717, 1.165) is 20.6 Å². The fourth-order valence-corrected chi connectivity index (χ4v) is 3.84. The monoisotopic (exact) mass is 404 g/mol. The molecule has 0 atom stereocenters. The number of aryl methyl sites for hydroxylation is 1. The van der Waals surface area contributed by atoms with Crippen molar-refractivity contribution in [1.82, 2.24) is 4.57 Å². The van der Waals surface area contributed by atoms with Gasteiger partial charge in [0.05, 0.1) is 5.69 Å². The molecule has 122 valence electrons. The molecule has 0 saturated carbocycles. The molecule has 24 heavy (non-hydrogen) atoms. The molecule has 1 aromatic heterocycles. The van der Waals surface area contributed by atoms with E-state index in [2.05, 4.69) is 20.9 Å². The molecule has 3 aromatic rings. The summed E-state index contributed by atoms with van der Waals surface area (Å²) in [4.78, 5) is 18.2. The molecule has 0 radical (unpaired) electrons. The minimum Gasteiger partial charge on any atom is -0.319 e. The standard InChI is InChI=1S/C18H14BrFN2OS/c1-11-16(12-6-8-15(20)9-7-12)22(2)18(24-11)21-17(23)13-4-3-5-14(19)10-13/h3-10H,1-2H3. The van der Waals surface area contributed by atoms with Crippen molar-refractivity contribution in [3.05, 3.63) is 74.1 Å². The Morgan fingerprint density at radius 2 is 1.92 bits per heavy atom. The molecule has 0 bridgehead atoms. The summed E-state index contributed by atoms with van der Waals surface area (Å²) in [6, 6.07) is 13.4. The van der Waals surface area contributed by atoms with Gasteiger partial charge in [-0.15, -0.1) is 11.3 Å². The summed E-state index contributed by atoms with van der Waals surface area (Å²) < 4.78 is 15.8. The fourth-order valence-electron chi connectivity index (χ4n) is 2.46. The summed E-state index contributed by atoms with van der Waals surface area (Å²) in [5.41, 5.74) is 2.35. The summed E-state index contributed by atoms with van der Waals surface area (Å²) >= 11 is 4.79. The normalized spacial score (nSPS) is 11.8. The van der Waals surface area contributed by atoms with E-state index in [9.17, 15) is 9.18 Å². The lowest BCUT2D eigenvalue weighted by molar-refractivity contribution is 0.0998. The van der Waals surface area contributed by atoms with Crippen molar-refractivity contribution in [2.24, 2.45) is 12.0 Å². The van der Waals surface area contributed by atoms with Crippen molar-refractivity contribution < 1.29 is 9.18 Å². The molecule has 0 aliphatic rings. The molecule has 2 aromatic carbocycles. The van der Waals surface area contributed by atoms with Crippen LogP contribution in [0.4, 0.5) is 4.39 Å². The predicted molar refractivity (Wildman–Crippen MR) is 97.5 cm³/mol. The van der Waals surface area contributed by atoms with Crippen molar-refractivity contribution in [2.45, 2.75) is 6.92 Å². The number of nitrogens with zero attached hydrogens (tertiary/aromatic N) is 2. The van der Waals surface area contributed by atoms with E-state index in [1.165, 1.54) is 23.5 Å². The largest absolute Gasteiger partial charge is 0.319 e. The third-order valence-corrected chi connectivity index (χ3v) is 5.13. The highest BCUT2D eigenvalue weighted by atomic mass is 79.9. The average molecular weight is 405 g/mol. The molecular formula is C18H14BrFN2OS. The molecule has 3 rings (SSSR count). The number of hydrogen-bond acceptors (Lipinski definition) is 2. The zero-order valence-electron chi connectivity index (χ0n) is 13.1. The van der Waals surface area contributed by atoms with Gasteiger partial charge in [0.1, 0.15) is 5.82 Å². The number of aromatic nitrogens is 1. The van der Waals surface area contributed by atoms with Crippen LogP contribution in [0.3, 0.4) is 0 Å². The number of amides is 1. The van der Waals surface area contributed by atoms with Crippen LogP contribution in [-0.2, 0) is 7.05 Å². The topological polar surface area (TPSA) is 34.4 Å². The molecule has 1 amide bonds.